The van der Waals surface area contributed by atoms with E-state index < -0.39 is 33.8 Å². The van der Waals surface area contributed by atoms with E-state index in [1.807, 2.05) is 67.4 Å². The number of carbonyl (C=O) groups is 4. The van der Waals surface area contributed by atoms with Gasteiger partial charge in [0.1, 0.15) is 28.1 Å². The van der Waals surface area contributed by atoms with E-state index in [4.69, 9.17) is 9.47 Å². The predicted octanol–water partition coefficient (Wildman–Crippen LogP) is 4.92. The van der Waals surface area contributed by atoms with Crippen LogP contribution in [0.15, 0.2) is 101 Å². The van der Waals surface area contributed by atoms with Crippen LogP contribution in [0.25, 0.3) is 11.0 Å². The lowest BCUT2D eigenvalue weighted by Crippen LogP contribution is -2.52. The van der Waals surface area contributed by atoms with Crippen LogP contribution >= 0.6 is 0 Å². The molecule has 2 saturated heterocycles. The smallest absolute Gasteiger partial charge is 0.269 e. The number of fused-ring (bicyclic) bond motifs is 1. The number of aromatic amines is 1. The molecule has 9 rings (SSSR count). The lowest BCUT2D eigenvalue weighted by Gasteiger charge is -2.36. The van der Waals surface area contributed by atoms with Crippen LogP contribution in [0.3, 0.4) is 0 Å². The highest BCUT2D eigenvalue weighted by molar-refractivity contribution is 7.90. The molecule has 2 aliphatic heterocycles. The Kier molecular flexibility index (Phi) is 18.9. The van der Waals surface area contributed by atoms with Gasteiger partial charge in [0, 0.05) is 100.0 Å². The van der Waals surface area contributed by atoms with Crippen LogP contribution in [-0.2, 0) is 45.7 Å². The molecule has 2 atom stereocenters. The number of aryl methyl sites for hydroxylation is 1. The fourth-order valence-corrected chi connectivity index (χ4v) is 11.8. The number of H-pyrrole nitrogens is 1. The molecule has 1 aliphatic carbocycles. The SMILES string of the molecule is CCOc1cc(OC)ccc1CNCC(=O)N1CCC[C@H](c2cccc(C(=O)N[C@@H](C(=O)NS(=O)(=O)c3cnn(CCNC(=O)c4ccc(N5CCN(Cc6cnc7cc(CC)c(=O)[nH]c7c6)CC5)cn4)c3)C3CCCCC3)c2)C1. The van der Waals surface area contributed by atoms with E-state index >= 15 is 0 Å². The van der Waals surface area contributed by atoms with Gasteiger partial charge in [0.25, 0.3) is 33.3 Å². The highest BCUT2D eigenvalue weighted by Crippen LogP contribution is 2.30. The standard InChI is InChI=1S/C58H72N12O9S/c1-4-40-29-50-51(64-55(40)72)27-39(31-61-50)36-67-23-25-68(26-24-67)46-17-19-49(62-33-46)57(74)60-20-22-70-38-48(34-63-70)80(76,77)66-58(75)54(41-11-7-6-8-12-41)65-56(73)43-14-9-13-42(28-43)45-15-10-21-69(37-45)53(71)35-59-32-44-16-18-47(78-3)30-52(44)79-5-2/h9,13-14,16-19,27-31,33-34,38,41,45,54,59H,4-8,10-12,15,20-26,32,35-37H2,1-3H3,(H,60,74)(H,64,72)(H,65,73)(H,66,75)/t45-,54+/m0/s1. The Labute approximate surface area is 466 Å². The minimum absolute atomic E-state index is 0.0149. The normalized spacial score (nSPS) is 16.7. The number of rotatable bonds is 22. The molecule has 21 nitrogen and oxygen atoms in total. The maximum atomic E-state index is 14.0. The summed E-state index contributed by atoms with van der Waals surface area (Å²) in [5.74, 6) is -0.664. The number of methoxy groups -OCH3 is 1. The predicted molar refractivity (Wildman–Crippen MR) is 302 cm³/mol. The van der Waals surface area contributed by atoms with Gasteiger partial charge in [-0.15, -0.1) is 0 Å². The molecule has 2 aromatic carbocycles. The molecule has 5 N–H and O–H groups in total. The van der Waals surface area contributed by atoms with Crippen LogP contribution in [0.4, 0.5) is 5.69 Å². The first-order valence-corrected chi connectivity index (χ1v) is 29.3. The molecule has 6 heterocycles. The number of amides is 4. The average Bonchev–Trinajstić information content (AvgIpc) is 4.08. The molecule has 0 spiro atoms. The summed E-state index contributed by atoms with van der Waals surface area (Å²) in [5, 5.41) is 13.2. The van der Waals surface area contributed by atoms with Gasteiger partial charge in [0.2, 0.25) is 5.91 Å². The van der Waals surface area contributed by atoms with Gasteiger partial charge in [-0.1, -0.05) is 44.4 Å². The van der Waals surface area contributed by atoms with Gasteiger partial charge >= 0.3 is 0 Å². The molecule has 0 bridgehead atoms. The second-order valence-electron chi connectivity index (χ2n) is 20.7. The summed E-state index contributed by atoms with van der Waals surface area (Å²) in [4.78, 5) is 85.0. The van der Waals surface area contributed by atoms with Crippen molar-refractivity contribution in [3.8, 4) is 11.5 Å². The minimum Gasteiger partial charge on any atom is -0.497 e. The summed E-state index contributed by atoms with van der Waals surface area (Å²) in [6.45, 7) is 10.2. The van der Waals surface area contributed by atoms with Gasteiger partial charge in [-0.05, 0) is 98.5 Å². The van der Waals surface area contributed by atoms with Crippen LogP contribution in [-0.4, -0.2) is 139 Å². The maximum Gasteiger partial charge on any atom is 0.269 e. The van der Waals surface area contributed by atoms with Crippen molar-refractivity contribution in [1.82, 2.24) is 55.2 Å². The second kappa shape index (κ2) is 26.5. The largest absolute Gasteiger partial charge is 0.497 e. The van der Waals surface area contributed by atoms with Crippen molar-refractivity contribution < 1.29 is 37.1 Å². The highest BCUT2D eigenvalue weighted by Gasteiger charge is 2.35. The van der Waals surface area contributed by atoms with Crippen molar-refractivity contribution in [2.75, 3.05) is 71.0 Å². The van der Waals surface area contributed by atoms with Crippen molar-refractivity contribution in [2.24, 2.45) is 5.92 Å². The zero-order valence-corrected chi connectivity index (χ0v) is 46.6. The van der Waals surface area contributed by atoms with E-state index in [0.717, 1.165) is 103 Å². The van der Waals surface area contributed by atoms with Crippen LogP contribution < -0.4 is 40.6 Å². The molecule has 0 radical (unpaired) electrons. The van der Waals surface area contributed by atoms with E-state index in [2.05, 4.69) is 50.5 Å². The first-order chi connectivity index (χ1) is 38.8. The van der Waals surface area contributed by atoms with Crippen molar-refractivity contribution >= 4 is 50.4 Å². The zero-order valence-electron chi connectivity index (χ0n) is 45.7. The average molecular weight is 1110 g/mol. The number of ether oxygens (including phenoxy) is 2. The van der Waals surface area contributed by atoms with Crippen LogP contribution in [0.5, 0.6) is 11.5 Å². The third-order valence-corrected chi connectivity index (χ3v) is 16.7. The van der Waals surface area contributed by atoms with E-state index in [1.165, 1.54) is 10.9 Å². The van der Waals surface area contributed by atoms with Gasteiger partial charge < -0.3 is 40.2 Å². The number of aromatic nitrogens is 5. The number of sulfonamides is 1. The zero-order chi connectivity index (χ0) is 56.2. The monoisotopic (exact) mass is 1110 g/mol. The third kappa shape index (κ3) is 14.4. The number of piperazine rings is 1. The van der Waals surface area contributed by atoms with E-state index in [-0.39, 0.29) is 53.5 Å². The Bertz CT molecular complexity index is 3320. The van der Waals surface area contributed by atoms with Gasteiger partial charge in [-0.3, -0.25) is 38.5 Å². The molecular weight excluding hydrogens is 1040 g/mol. The Hall–Kier alpha value is -7.69. The Morgan fingerprint density at radius 2 is 1.68 bits per heavy atom. The number of benzene rings is 2. The molecule has 424 valence electrons. The Balaban J connectivity index is 0.735. The summed E-state index contributed by atoms with van der Waals surface area (Å²) in [6.07, 6.45) is 12.2. The number of nitrogens with one attached hydrogen (secondary N) is 5. The highest BCUT2D eigenvalue weighted by atomic mass is 32.2. The van der Waals surface area contributed by atoms with E-state index in [9.17, 15) is 32.4 Å². The van der Waals surface area contributed by atoms with Gasteiger partial charge in [-0.2, -0.15) is 5.10 Å². The molecule has 22 heteroatoms. The molecule has 3 fully saturated rings. The van der Waals surface area contributed by atoms with Crippen LogP contribution in [0, 0.1) is 5.92 Å². The Morgan fingerprint density at radius 3 is 2.44 bits per heavy atom. The lowest BCUT2D eigenvalue weighted by atomic mass is 9.83. The van der Waals surface area contributed by atoms with Gasteiger partial charge in [0.05, 0.1) is 55.9 Å². The quantitative estimate of drug-likeness (QED) is 0.0605. The number of hydrogen-bond donors (Lipinski definition) is 5. The van der Waals surface area contributed by atoms with Gasteiger partial charge in [-0.25, -0.2) is 18.1 Å². The van der Waals surface area contributed by atoms with Gasteiger partial charge in [0.15, 0.2) is 0 Å². The molecule has 4 aromatic heterocycles. The minimum atomic E-state index is -4.41. The van der Waals surface area contributed by atoms with Crippen molar-refractivity contribution in [3.05, 3.63) is 135 Å². The fourth-order valence-electron chi connectivity index (χ4n) is 10.9. The Morgan fingerprint density at radius 1 is 0.850 bits per heavy atom. The number of piperidine rings is 1. The molecule has 0 unspecified atom stereocenters. The first kappa shape index (κ1) is 57.0. The second-order valence-corrected chi connectivity index (χ2v) is 22.4. The topological polar surface area (TPSA) is 255 Å². The molecule has 1 saturated carbocycles. The van der Waals surface area contributed by atoms with E-state index in [0.29, 0.717) is 69.1 Å². The molecular formula is C58H72N12O9S. The van der Waals surface area contributed by atoms with Crippen molar-refractivity contribution in [1.29, 1.82) is 0 Å². The molecule has 80 heavy (non-hydrogen) atoms. The summed E-state index contributed by atoms with van der Waals surface area (Å²) in [5.41, 5.74) is 6.44. The molecule has 3 aliphatic rings. The summed E-state index contributed by atoms with van der Waals surface area (Å²) < 4.78 is 42.1. The number of nitrogens with zero attached hydrogens (tertiary/aromatic N) is 7. The summed E-state index contributed by atoms with van der Waals surface area (Å²) >= 11 is 0. The maximum absolute atomic E-state index is 14.0. The van der Waals surface area contributed by atoms with E-state index in [1.54, 1.807) is 37.6 Å². The molecule has 4 amide bonds. The number of likely N-dealkylation sites (tertiary alicyclic amines) is 1. The van der Waals surface area contributed by atoms with Crippen LogP contribution in [0.1, 0.15) is 108 Å². The number of hydrogen-bond acceptors (Lipinski definition) is 15. The lowest BCUT2D eigenvalue weighted by molar-refractivity contribution is -0.131. The number of carbonyl (C=O) groups excluding carboxylic acids is 4. The van der Waals surface area contributed by atoms with Crippen molar-refractivity contribution in [3.63, 3.8) is 0 Å². The number of pyridine rings is 3. The fraction of sp³-hybridized carbons (Fsp3) is 0.448. The third-order valence-electron chi connectivity index (χ3n) is 15.4. The number of anilines is 1. The summed E-state index contributed by atoms with van der Waals surface area (Å²) in [6, 6.07) is 19.1. The van der Waals surface area contributed by atoms with Crippen molar-refractivity contribution in [2.45, 2.75) is 102 Å². The molecule has 6 aromatic rings. The van der Waals surface area contributed by atoms with Crippen LogP contribution in [0.2, 0.25) is 0 Å². The first-order valence-electron chi connectivity index (χ1n) is 27.8. The summed E-state index contributed by atoms with van der Waals surface area (Å²) in [7, 11) is -2.81.